The molecule has 90 valence electrons. The Morgan fingerprint density at radius 2 is 2.06 bits per heavy atom. The van der Waals surface area contributed by atoms with Gasteiger partial charge in [0.1, 0.15) is 11.8 Å². The van der Waals surface area contributed by atoms with Crippen molar-refractivity contribution in [3.05, 3.63) is 28.8 Å². The van der Waals surface area contributed by atoms with E-state index in [2.05, 4.69) is 0 Å². The summed E-state index contributed by atoms with van der Waals surface area (Å²) in [6.45, 7) is 0. The average molecular weight is 264 g/mol. The molecule has 0 heterocycles. The molecular weight excluding hydrogens is 259 g/mol. The van der Waals surface area contributed by atoms with E-state index in [0.29, 0.717) is 12.1 Å². The Morgan fingerprint density at radius 1 is 1.47 bits per heavy atom. The predicted octanol–water partition coefficient (Wildman–Crippen LogP) is 2.70. The second kappa shape index (κ2) is 4.63. The molecule has 0 bridgehead atoms. The molecule has 0 aromatic heterocycles. The van der Waals surface area contributed by atoms with Crippen molar-refractivity contribution in [3.63, 3.8) is 0 Å². The van der Waals surface area contributed by atoms with Crippen molar-refractivity contribution in [2.45, 2.75) is 6.18 Å². The molecule has 0 saturated heterocycles. The summed E-state index contributed by atoms with van der Waals surface area (Å²) in [7, 11) is 0. The first-order valence-corrected chi connectivity index (χ1v) is 4.78. The normalized spacial score (nSPS) is 11.0. The van der Waals surface area contributed by atoms with E-state index >= 15 is 0 Å². The van der Waals surface area contributed by atoms with E-state index in [1.807, 2.05) is 0 Å². The van der Waals surface area contributed by atoms with Crippen molar-refractivity contribution in [2.75, 3.05) is 5.88 Å². The first-order valence-electron chi connectivity index (χ1n) is 4.24. The van der Waals surface area contributed by atoms with Gasteiger partial charge in [-0.25, -0.2) is 0 Å². The van der Waals surface area contributed by atoms with Gasteiger partial charge in [0.2, 0.25) is 0 Å². The van der Waals surface area contributed by atoms with E-state index in [1.165, 1.54) is 6.07 Å². The number of rotatable bonds is 2. The molecule has 1 aromatic rings. The third-order valence-electron chi connectivity index (χ3n) is 1.98. The molecule has 7 heteroatoms. The van der Waals surface area contributed by atoms with E-state index in [0.717, 1.165) is 0 Å². The van der Waals surface area contributed by atoms with Gasteiger partial charge < -0.3 is 5.11 Å². The number of ketones is 1. The molecule has 0 fully saturated rings. The number of hydrogen-bond acceptors (Lipinski definition) is 3. The zero-order valence-electron chi connectivity index (χ0n) is 8.18. The van der Waals surface area contributed by atoms with Gasteiger partial charge in [-0.15, -0.1) is 11.6 Å². The molecule has 17 heavy (non-hydrogen) atoms. The molecule has 0 saturated carbocycles. The first-order chi connectivity index (χ1) is 7.81. The van der Waals surface area contributed by atoms with Gasteiger partial charge in [0.25, 0.3) is 0 Å². The van der Waals surface area contributed by atoms with Gasteiger partial charge in [0.05, 0.1) is 22.6 Å². The smallest absolute Gasteiger partial charge is 0.416 e. The van der Waals surface area contributed by atoms with E-state index in [1.54, 1.807) is 0 Å². The number of Topliss-reactive ketones (excluding diaryl/α,β-unsaturated/α-hetero) is 1. The van der Waals surface area contributed by atoms with Gasteiger partial charge in [0, 0.05) is 0 Å². The SMILES string of the molecule is N#Cc1cc(C(F)(F)F)cc(C(=O)CCl)c1O. The zero-order chi connectivity index (χ0) is 13.2. The first kappa shape index (κ1) is 13.3. The molecule has 0 aliphatic heterocycles. The van der Waals surface area contributed by atoms with Crippen molar-refractivity contribution in [1.29, 1.82) is 5.26 Å². The van der Waals surface area contributed by atoms with E-state index in [4.69, 9.17) is 16.9 Å². The van der Waals surface area contributed by atoms with E-state index in [-0.39, 0.29) is 0 Å². The molecule has 0 aliphatic carbocycles. The number of phenolic OH excluding ortho intramolecular Hbond substituents is 1. The van der Waals surface area contributed by atoms with Crippen LogP contribution < -0.4 is 0 Å². The average Bonchev–Trinajstić information content (AvgIpc) is 2.26. The second-order valence-electron chi connectivity index (χ2n) is 3.09. The van der Waals surface area contributed by atoms with Crippen molar-refractivity contribution < 1.29 is 23.1 Å². The van der Waals surface area contributed by atoms with Gasteiger partial charge >= 0.3 is 6.18 Å². The molecule has 0 unspecified atom stereocenters. The molecule has 0 radical (unpaired) electrons. The summed E-state index contributed by atoms with van der Waals surface area (Å²) < 4.78 is 37.3. The van der Waals surface area contributed by atoms with Crippen LogP contribution in [0.1, 0.15) is 21.5 Å². The highest BCUT2D eigenvalue weighted by Gasteiger charge is 2.33. The summed E-state index contributed by atoms with van der Waals surface area (Å²) >= 11 is 5.20. The lowest BCUT2D eigenvalue weighted by atomic mass is 10.0. The van der Waals surface area contributed by atoms with Gasteiger partial charge in [-0.1, -0.05) is 0 Å². The molecule has 0 atom stereocenters. The van der Waals surface area contributed by atoms with Crippen LogP contribution >= 0.6 is 11.6 Å². The Morgan fingerprint density at radius 3 is 2.47 bits per heavy atom. The summed E-state index contributed by atoms with van der Waals surface area (Å²) in [4.78, 5) is 11.2. The van der Waals surface area contributed by atoms with Crippen LogP contribution in [0.3, 0.4) is 0 Å². The van der Waals surface area contributed by atoms with Crippen LogP contribution in [-0.2, 0) is 6.18 Å². The fourth-order valence-electron chi connectivity index (χ4n) is 1.17. The third-order valence-corrected chi connectivity index (χ3v) is 2.22. The van der Waals surface area contributed by atoms with Crippen molar-refractivity contribution >= 4 is 17.4 Å². The highest BCUT2D eigenvalue weighted by atomic mass is 35.5. The largest absolute Gasteiger partial charge is 0.506 e. The second-order valence-corrected chi connectivity index (χ2v) is 3.35. The minimum atomic E-state index is -4.71. The number of nitriles is 1. The van der Waals surface area contributed by atoms with Crippen molar-refractivity contribution in [1.82, 2.24) is 0 Å². The monoisotopic (exact) mass is 263 g/mol. The minimum Gasteiger partial charge on any atom is -0.506 e. The molecule has 3 nitrogen and oxygen atoms in total. The molecule has 0 aliphatic rings. The van der Waals surface area contributed by atoms with Gasteiger partial charge in [0.15, 0.2) is 5.78 Å². The minimum absolute atomic E-state index is 0.473. The Bertz CT molecular complexity index is 505. The highest BCUT2D eigenvalue weighted by Crippen LogP contribution is 2.34. The Labute approximate surface area is 99.0 Å². The van der Waals surface area contributed by atoms with Crippen LogP contribution in [0.15, 0.2) is 12.1 Å². The van der Waals surface area contributed by atoms with E-state index < -0.39 is 40.3 Å². The number of carbonyl (C=O) groups excluding carboxylic acids is 1. The van der Waals surface area contributed by atoms with Crippen molar-refractivity contribution in [3.8, 4) is 11.8 Å². The number of hydrogen-bond donors (Lipinski definition) is 1. The number of alkyl halides is 4. The van der Waals surface area contributed by atoms with E-state index in [9.17, 15) is 23.1 Å². The zero-order valence-corrected chi connectivity index (χ0v) is 8.93. The summed E-state index contributed by atoms with van der Waals surface area (Å²) in [6.07, 6.45) is -4.71. The molecule has 1 N–H and O–H groups in total. The molecule has 0 spiro atoms. The Kier molecular flexibility index (Phi) is 3.63. The summed E-state index contributed by atoms with van der Waals surface area (Å²) in [5.41, 5.74) is -2.40. The summed E-state index contributed by atoms with van der Waals surface area (Å²) in [5.74, 6) is -2.25. The highest BCUT2D eigenvalue weighted by molar-refractivity contribution is 6.30. The quantitative estimate of drug-likeness (QED) is 0.659. The predicted molar refractivity (Wildman–Crippen MR) is 52.9 cm³/mol. The number of benzene rings is 1. The van der Waals surface area contributed by atoms with Crippen LogP contribution in [0.2, 0.25) is 0 Å². The molecule has 0 amide bonds. The van der Waals surface area contributed by atoms with Crippen LogP contribution in [0, 0.1) is 11.3 Å². The van der Waals surface area contributed by atoms with Gasteiger partial charge in [-0.2, -0.15) is 18.4 Å². The van der Waals surface area contributed by atoms with Gasteiger partial charge in [-0.3, -0.25) is 4.79 Å². The third kappa shape index (κ3) is 2.68. The fraction of sp³-hybridized carbons (Fsp3) is 0.200. The van der Waals surface area contributed by atoms with Crippen LogP contribution in [0.5, 0.6) is 5.75 Å². The lowest BCUT2D eigenvalue weighted by molar-refractivity contribution is -0.137. The maximum absolute atomic E-state index is 12.4. The fourth-order valence-corrected chi connectivity index (χ4v) is 1.31. The Balaban J connectivity index is 3.51. The number of halogens is 4. The maximum atomic E-state index is 12.4. The van der Waals surface area contributed by atoms with Crippen LogP contribution in [0.4, 0.5) is 13.2 Å². The number of nitrogens with zero attached hydrogens (tertiary/aromatic N) is 1. The molecule has 1 rings (SSSR count). The molecular formula is C10H5ClF3NO2. The van der Waals surface area contributed by atoms with Crippen LogP contribution in [-0.4, -0.2) is 16.8 Å². The van der Waals surface area contributed by atoms with Gasteiger partial charge in [-0.05, 0) is 12.1 Å². The molecule has 1 aromatic carbocycles. The standard InChI is InChI=1S/C10H5ClF3NO2/c11-3-8(16)7-2-6(10(12,13)14)1-5(4-15)9(7)17/h1-2,17H,3H2. The summed E-state index contributed by atoms with van der Waals surface area (Å²) in [5, 5.41) is 18.0. The van der Waals surface area contributed by atoms with Crippen LogP contribution in [0.25, 0.3) is 0 Å². The van der Waals surface area contributed by atoms with Crippen molar-refractivity contribution in [2.24, 2.45) is 0 Å². The lowest BCUT2D eigenvalue weighted by Gasteiger charge is -2.10. The number of phenols is 1. The lowest BCUT2D eigenvalue weighted by Crippen LogP contribution is -2.09. The number of aromatic hydroxyl groups is 1. The number of carbonyl (C=O) groups is 1. The topological polar surface area (TPSA) is 61.1 Å². The Hall–Kier alpha value is -1.74. The summed E-state index contributed by atoms with van der Waals surface area (Å²) in [6, 6.07) is 2.33. The maximum Gasteiger partial charge on any atom is 0.416 e.